The van der Waals surface area contributed by atoms with Crippen molar-refractivity contribution in [3.8, 4) is 17.2 Å². The van der Waals surface area contributed by atoms with E-state index in [1.807, 2.05) is 57.6 Å². The van der Waals surface area contributed by atoms with Gasteiger partial charge in [0.05, 0.1) is 11.6 Å². The summed E-state index contributed by atoms with van der Waals surface area (Å²) in [5.41, 5.74) is 3.51. The van der Waals surface area contributed by atoms with Crippen molar-refractivity contribution in [2.24, 2.45) is 0 Å². The number of hydrogen-bond donors (Lipinski definition) is 0. The number of carbonyl (C=O) groups excluding carboxylic acids is 2. The summed E-state index contributed by atoms with van der Waals surface area (Å²) in [6, 6.07) is 17.8. The van der Waals surface area contributed by atoms with Crippen LogP contribution in [0.4, 0.5) is 5.69 Å². The van der Waals surface area contributed by atoms with E-state index in [1.165, 1.54) is 11.3 Å². The molecule has 0 saturated carbocycles. The van der Waals surface area contributed by atoms with Gasteiger partial charge in [-0.05, 0) is 35.4 Å². The second-order valence-corrected chi connectivity index (χ2v) is 9.16. The second kappa shape index (κ2) is 9.14. The van der Waals surface area contributed by atoms with Crippen LogP contribution in [-0.2, 0) is 4.79 Å². The molecule has 2 fully saturated rings. The van der Waals surface area contributed by atoms with Crippen molar-refractivity contribution >= 4 is 28.8 Å². The summed E-state index contributed by atoms with van der Waals surface area (Å²) in [5.74, 6) is 0.120. The van der Waals surface area contributed by atoms with E-state index in [-0.39, 0.29) is 17.9 Å². The van der Waals surface area contributed by atoms with E-state index in [4.69, 9.17) is 5.26 Å². The largest absolute Gasteiger partial charge is 0.334 e. The second-order valence-electron chi connectivity index (χ2n) is 8.27. The number of anilines is 1. The van der Waals surface area contributed by atoms with Crippen molar-refractivity contribution in [2.75, 3.05) is 37.6 Å². The minimum Gasteiger partial charge on any atom is -0.334 e. The zero-order chi connectivity index (χ0) is 22.8. The maximum Gasteiger partial charge on any atom is 0.282 e. The van der Waals surface area contributed by atoms with Gasteiger partial charge in [-0.2, -0.15) is 5.26 Å². The maximum absolute atomic E-state index is 12.8. The van der Waals surface area contributed by atoms with Crippen LogP contribution in [-0.4, -0.2) is 65.4 Å². The van der Waals surface area contributed by atoms with Crippen LogP contribution in [0.25, 0.3) is 11.1 Å². The molecule has 5 rings (SSSR count). The van der Waals surface area contributed by atoms with Gasteiger partial charge in [0.2, 0.25) is 5.91 Å². The van der Waals surface area contributed by atoms with Gasteiger partial charge in [0.15, 0.2) is 5.01 Å². The number of piperazine rings is 1. The SMILES string of the molecule is N#Cc1cccc(-c2ccc(N3CC(N4CCN(C(=O)c5nccs5)CC4)CC3=O)cc2)c1. The Hall–Kier alpha value is -3.54. The van der Waals surface area contributed by atoms with E-state index in [0.717, 1.165) is 29.9 Å². The molecule has 7 nitrogen and oxygen atoms in total. The molecule has 2 aliphatic heterocycles. The molecule has 1 aromatic heterocycles. The number of amides is 2. The third kappa shape index (κ3) is 4.38. The number of aromatic nitrogens is 1. The molecule has 0 N–H and O–H groups in total. The zero-order valence-corrected chi connectivity index (χ0v) is 18.9. The molecule has 0 radical (unpaired) electrons. The molecule has 0 spiro atoms. The van der Waals surface area contributed by atoms with Gasteiger partial charge in [0.25, 0.3) is 5.91 Å². The van der Waals surface area contributed by atoms with Gasteiger partial charge in [-0.15, -0.1) is 11.3 Å². The van der Waals surface area contributed by atoms with E-state index in [0.29, 0.717) is 36.6 Å². The Bertz CT molecular complexity index is 1190. The standard InChI is InChI=1S/C25H23N5O2S/c26-16-18-2-1-3-20(14-18)19-4-6-21(7-5-19)30-17-22(15-23(30)31)28-9-11-29(12-10-28)25(32)24-27-8-13-33-24/h1-8,13-14,22H,9-12,15,17H2. The summed E-state index contributed by atoms with van der Waals surface area (Å²) >= 11 is 1.37. The molecule has 2 amide bonds. The first-order valence-electron chi connectivity index (χ1n) is 11.0. The molecule has 2 saturated heterocycles. The quantitative estimate of drug-likeness (QED) is 0.601. The third-order valence-electron chi connectivity index (χ3n) is 6.34. The highest BCUT2D eigenvalue weighted by atomic mass is 32.1. The van der Waals surface area contributed by atoms with Gasteiger partial charge in [0.1, 0.15) is 0 Å². The molecular formula is C25H23N5O2S. The fourth-order valence-electron chi connectivity index (χ4n) is 4.54. The Labute approximate surface area is 196 Å². The van der Waals surface area contributed by atoms with Gasteiger partial charge in [-0.25, -0.2) is 4.98 Å². The van der Waals surface area contributed by atoms with Gasteiger partial charge in [-0.1, -0.05) is 24.3 Å². The molecule has 0 aliphatic carbocycles. The van der Waals surface area contributed by atoms with E-state index in [1.54, 1.807) is 12.3 Å². The van der Waals surface area contributed by atoms with Crippen molar-refractivity contribution in [1.29, 1.82) is 5.26 Å². The van der Waals surface area contributed by atoms with Crippen LogP contribution >= 0.6 is 11.3 Å². The van der Waals surface area contributed by atoms with E-state index < -0.39 is 0 Å². The van der Waals surface area contributed by atoms with Crippen molar-refractivity contribution in [1.82, 2.24) is 14.8 Å². The molecule has 2 aliphatic rings. The molecule has 3 heterocycles. The van der Waals surface area contributed by atoms with E-state index in [9.17, 15) is 9.59 Å². The summed E-state index contributed by atoms with van der Waals surface area (Å²) in [6.45, 7) is 3.48. The average Bonchev–Trinajstić information content (AvgIpc) is 3.54. The predicted molar refractivity (Wildman–Crippen MR) is 127 cm³/mol. The van der Waals surface area contributed by atoms with Crippen LogP contribution in [0.1, 0.15) is 21.8 Å². The van der Waals surface area contributed by atoms with Crippen molar-refractivity contribution < 1.29 is 9.59 Å². The number of rotatable bonds is 4. The number of thiazole rings is 1. The van der Waals surface area contributed by atoms with E-state index in [2.05, 4.69) is 16.0 Å². The van der Waals surface area contributed by atoms with Crippen LogP contribution in [0.5, 0.6) is 0 Å². The van der Waals surface area contributed by atoms with Crippen LogP contribution in [0.15, 0.2) is 60.1 Å². The first-order valence-corrected chi connectivity index (χ1v) is 11.8. The predicted octanol–water partition coefficient (Wildman–Crippen LogP) is 3.25. The minimum absolute atomic E-state index is 0.00540. The zero-order valence-electron chi connectivity index (χ0n) is 18.1. The molecule has 166 valence electrons. The highest BCUT2D eigenvalue weighted by molar-refractivity contribution is 7.11. The Morgan fingerprint density at radius 2 is 1.85 bits per heavy atom. The maximum atomic E-state index is 12.8. The topological polar surface area (TPSA) is 80.5 Å². The number of hydrogen-bond acceptors (Lipinski definition) is 6. The summed E-state index contributed by atoms with van der Waals surface area (Å²) in [5, 5.41) is 11.5. The lowest BCUT2D eigenvalue weighted by atomic mass is 10.0. The third-order valence-corrected chi connectivity index (χ3v) is 7.10. The smallest absolute Gasteiger partial charge is 0.282 e. The average molecular weight is 458 g/mol. The molecule has 1 unspecified atom stereocenters. The van der Waals surface area contributed by atoms with Crippen LogP contribution in [0.3, 0.4) is 0 Å². The molecular weight excluding hydrogens is 434 g/mol. The lowest BCUT2D eigenvalue weighted by Gasteiger charge is -2.37. The first kappa shape index (κ1) is 21.3. The lowest BCUT2D eigenvalue weighted by molar-refractivity contribution is -0.117. The van der Waals surface area contributed by atoms with Crippen LogP contribution < -0.4 is 4.90 Å². The minimum atomic E-state index is -0.00540. The summed E-state index contributed by atoms with van der Waals surface area (Å²) in [7, 11) is 0. The Morgan fingerprint density at radius 3 is 2.55 bits per heavy atom. The highest BCUT2D eigenvalue weighted by Crippen LogP contribution is 2.28. The fraction of sp³-hybridized carbons (Fsp3) is 0.280. The molecule has 0 bridgehead atoms. The van der Waals surface area contributed by atoms with Gasteiger partial charge < -0.3 is 9.80 Å². The molecule has 1 atom stereocenters. The number of nitriles is 1. The van der Waals surface area contributed by atoms with Crippen LogP contribution in [0, 0.1) is 11.3 Å². The number of nitrogens with zero attached hydrogens (tertiary/aromatic N) is 5. The number of carbonyl (C=O) groups is 2. The van der Waals surface area contributed by atoms with Gasteiger partial charge in [0, 0.05) is 62.5 Å². The summed E-state index contributed by atoms with van der Waals surface area (Å²) < 4.78 is 0. The number of benzene rings is 2. The Balaban J connectivity index is 1.21. The monoisotopic (exact) mass is 457 g/mol. The lowest BCUT2D eigenvalue weighted by Crippen LogP contribution is -2.52. The van der Waals surface area contributed by atoms with Crippen molar-refractivity contribution in [2.45, 2.75) is 12.5 Å². The van der Waals surface area contributed by atoms with Crippen molar-refractivity contribution in [3.05, 3.63) is 70.7 Å². The molecule has 3 aromatic rings. The molecule has 2 aromatic carbocycles. The fourth-order valence-corrected chi connectivity index (χ4v) is 5.14. The Morgan fingerprint density at radius 1 is 1.06 bits per heavy atom. The molecule has 8 heteroatoms. The Kier molecular flexibility index (Phi) is 5.90. The van der Waals surface area contributed by atoms with Crippen LogP contribution in [0.2, 0.25) is 0 Å². The summed E-state index contributed by atoms with van der Waals surface area (Å²) in [6.07, 6.45) is 2.15. The normalized spacial score (nSPS) is 19.0. The van der Waals surface area contributed by atoms with Gasteiger partial charge >= 0.3 is 0 Å². The first-order chi connectivity index (χ1) is 16.1. The highest BCUT2D eigenvalue weighted by Gasteiger charge is 2.36. The summed E-state index contributed by atoms with van der Waals surface area (Å²) in [4.78, 5) is 35.5. The van der Waals surface area contributed by atoms with E-state index >= 15 is 0 Å². The van der Waals surface area contributed by atoms with Crippen molar-refractivity contribution in [3.63, 3.8) is 0 Å². The van der Waals surface area contributed by atoms with Gasteiger partial charge in [-0.3, -0.25) is 14.5 Å². The molecule has 33 heavy (non-hydrogen) atoms.